The van der Waals surface area contributed by atoms with E-state index in [0.29, 0.717) is 5.92 Å². The predicted molar refractivity (Wildman–Crippen MR) is 176 cm³/mol. The smallest absolute Gasteiger partial charge is 0.0712 e. The van der Waals surface area contributed by atoms with Gasteiger partial charge in [-0.2, -0.15) is 0 Å². The Kier molecular flexibility index (Phi) is 5.19. The van der Waals surface area contributed by atoms with Gasteiger partial charge in [-0.1, -0.05) is 107 Å². The largest absolute Gasteiger partial charge is 0.248 e. The summed E-state index contributed by atoms with van der Waals surface area (Å²) in [5.41, 5.74) is 10.1. The molecule has 0 amide bonds. The molecule has 7 aromatic rings. The van der Waals surface area contributed by atoms with Gasteiger partial charge in [-0.05, 0) is 103 Å². The molecular formula is C40H33N. The highest BCUT2D eigenvalue weighted by Crippen LogP contribution is 2.52. The lowest BCUT2D eigenvalue weighted by Crippen LogP contribution is -2.14. The van der Waals surface area contributed by atoms with E-state index in [4.69, 9.17) is 4.98 Å². The second kappa shape index (κ2) is 8.75. The molecule has 0 radical (unpaired) electrons. The molecule has 1 heterocycles. The topological polar surface area (TPSA) is 12.9 Å². The van der Waals surface area contributed by atoms with Crippen LogP contribution in [0.15, 0.2) is 109 Å². The van der Waals surface area contributed by atoms with Gasteiger partial charge in [-0.15, -0.1) is 0 Å². The van der Waals surface area contributed by atoms with Crippen LogP contribution < -0.4 is 0 Å². The van der Waals surface area contributed by atoms with Crippen molar-refractivity contribution < 1.29 is 0 Å². The maximum atomic E-state index is 5.16. The summed E-state index contributed by atoms with van der Waals surface area (Å²) in [6.45, 7) is 9.30. The number of aromatic nitrogens is 1. The van der Waals surface area contributed by atoms with E-state index in [0.717, 1.165) is 17.6 Å². The molecule has 0 unspecified atom stereocenters. The Morgan fingerprint density at radius 1 is 0.561 bits per heavy atom. The second-order valence-corrected chi connectivity index (χ2v) is 12.7. The molecule has 0 bridgehead atoms. The molecule has 41 heavy (non-hydrogen) atoms. The second-order valence-electron chi connectivity index (χ2n) is 12.7. The third kappa shape index (κ3) is 3.58. The summed E-state index contributed by atoms with van der Waals surface area (Å²) in [6.07, 6.45) is 1.07. The summed E-state index contributed by atoms with van der Waals surface area (Å²) >= 11 is 0. The molecule has 1 aliphatic carbocycles. The molecule has 0 N–H and O–H groups in total. The zero-order valence-electron chi connectivity index (χ0n) is 24.1. The number of benzene rings is 6. The van der Waals surface area contributed by atoms with Gasteiger partial charge in [0.1, 0.15) is 0 Å². The number of pyridine rings is 1. The first-order valence-electron chi connectivity index (χ1n) is 14.8. The van der Waals surface area contributed by atoms with Crippen LogP contribution in [-0.2, 0) is 11.8 Å². The van der Waals surface area contributed by atoms with E-state index in [9.17, 15) is 0 Å². The van der Waals surface area contributed by atoms with Gasteiger partial charge in [0, 0.05) is 16.4 Å². The van der Waals surface area contributed by atoms with Crippen molar-refractivity contribution in [3.8, 4) is 22.4 Å². The van der Waals surface area contributed by atoms with E-state index in [1.54, 1.807) is 0 Å². The highest BCUT2D eigenvalue weighted by atomic mass is 14.7. The zero-order chi connectivity index (χ0) is 27.9. The summed E-state index contributed by atoms with van der Waals surface area (Å²) in [4.78, 5) is 5.16. The fourth-order valence-corrected chi connectivity index (χ4v) is 7.30. The Morgan fingerprint density at radius 3 is 1.88 bits per heavy atom. The molecule has 1 aliphatic rings. The highest BCUT2D eigenvalue weighted by molar-refractivity contribution is 6.26. The van der Waals surface area contributed by atoms with E-state index in [1.807, 2.05) is 0 Å². The summed E-state index contributed by atoms with van der Waals surface area (Å²) < 4.78 is 0. The van der Waals surface area contributed by atoms with Gasteiger partial charge < -0.3 is 0 Å². The van der Waals surface area contributed by atoms with E-state index in [1.165, 1.54) is 71.1 Å². The van der Waals surface area contributed by atoms with Gasteiger partial charge in [-0.25, -0.2) is 4.98 Å². The van der Waals surface area contributed by atoms with Crippen LogP contribution in [0, 0.1) is 5.92 Å². The van der Waals surface area contributed by atoms with Crippen LogP contribution in [0.1, 0.15) is 44.4 Å². The highest BCUT2D eigenvalue weighted by Gasteiger charge is 2.36. The van der Waals surface area contributed by atoms with E-state index in [2.05, 4.69) is 137 Å². The molecule has 0 aliphatic heterocycles. The van der Waals surface area contributed by atoms with Crippen LogP contribution in [0.5, 0.6) is 0 Å². The minimum absolute atomic E-state index is 0.0767. The molecule has 6 aromatic carbocycles. The first-order valence-corrected chi connectivity index (χ1v) is 14.8. The van der Waals surface area contributed by atoms with E-state index in [-0.39, 0.29) is 5.41 Å². The zero-order valence-corrected chi connectivity index (χ0v) is 24.1. The standard InChI is InChI=1S/C40H33N/c1-24(2)20-25-10-9-15-39-27(25)17-19-38(41-39)26-16-18-36-34(21-26)35-22-32-30-13-7-5-11-28(30)29-12-6-8-14-31(29)33(32)23-37(35)40(36,3)4/h5-19,21-24H,20H2,1-4H3. The monoisotopic (exact) mass is 527 g/mol. The Labute approximate surface area is 241 Å². The van der Waals surface area contributed by atoms with E-state index >= 15 is 0 Å². The number of hydrogen-bond donors (Lipinski definition) is 0. The Balaban J connectivity index is 1.35. The normalized spacial score (nSPS) is 13.9. The molecule has 1 nitrogen and oxygen atoms in total. The van der Waals surface area contributed by atoms with Gasteiger partial charge in [0.25, 0.3) is 0 Å². The minimum atomic E-state index is -0.0767. The summed E-state index contributed by atoms with van der Waals surface area (Å²) in [7, 11) is 0. The van der Waals surface area contributed by atoms with Gasteiger partial charge in [-0.3, -0.25) is 0 Å². The van der Waals surface area contributed by atoms with Crippen molar-refractivity contribution in [2.75, 3.05) is 0 Å². The number of rotatable bonds is 3. The minimum Gasteiger partial charge on any atom is -0.248 e. The van der Waals surface area contributed by atoms with Crippen LogP contribution in [0.2, 0.25) is 0 Å². The van der Waals surface area contributed by atoms with Crippen molar-refractivity contribution in [1.29, 1.82) is 0 Å². The van der Waals surface area contributed by atoms with Crippen LogP contribution in [-0.4, -0.2) is 4.98 Å². The maximum absolute atomic E-state index is 5.16. The fraction of sp³-hybridized carbons (Fsp3) is 0.175. The Bertz CT molecular complexity index is 2180. The lowest BCUT2D eigenvalue weighted by Gasteiger charge is -2.22. The van der Waals surface area contributed by atoms with Crippen LogP contribution in [0.4, 0.5) is 0 Å². The van der Waals surface area contributed by atoms with Gasteiger partial charge in [0.2, 0.25) is 0 Å². The Hall–Kier alpha value is -4.49. The molecular weight excluding hydrogens is 494 g/mol. The first kappa shape index (κ1) is 24.3. The van der Waals surface area contributed by atoms with Gasteiger partial charge >= 0.3 is 0 Å². The number of nitrogens with zero attached hydrogens (tertiary/aromatic N) is 1. The molecule has 1 aromatic heterocycles. The van der Waals surface area contributed by atoms with Gasteiger partial charge in [0.15, 0.2) is 0 Å². The molecule has 8 rings (SSSR count). The molecule has 1 heteroatoms. The van der Waals surface area contributed by atoms with Crippen molar-refractivity contribution in [2.45, 2.75) is 39.5 Å². The average Bonchev–Trinajstić information content (AvgIpc) is 3.21. The van der Waals surface area contributed by atoms with Crippen molar-refractivity contribution in [3.63, 3.8) is 0 Å². The van der Waals surface area contributed by atoms with Crippen molar-refractivity contribution >= 4 is 43.2 Å². The molecule has 0 saturated heterocycles. The quantitative estimate of drug-likeness (QED) is 0.208. The summed E-state index contributed by atoms with van der Waals surface area (Å²) in [5, 5.41) is 9.22. The Morgan fingerprint density at radius 2 is 1.20 bits per heavy atom. The molecule has 0 atom stereocenters. The van der Waals surface area contributed by atoms with Crippen LogP contribution >= 0.6 is 0 Å². The maximum Gasteiger partial charge on any atom is 0.0712 e. The third-order valence-corrected chi connectivity index (χ3v) is 9.28. The van der Waals surface area contributed by atoms with Crippen molar-refractivity contribution in [1.82, 2.24) is 4.98 Å². The van der Waals surface area contributed by atoms with Crippen LogP contribution in [0.3, 0.4) is 0 Å². The first-order chi connectivity index (χ1) is 19.9. The lowest BCUT2D eigenvalue weighted by atomic mass is 9.81. The lowest BCUT2D eigenvalue weighted by molar-refractivity contribution is 0.650. The average molecular weight is 528 g/mol. The molecule has 0 spiro atoms. The fourth-order valence-electron chi connectivity index (χ4n) is 7.30. The molecule has 0 saturated carbocycles. The molecule has 0 fully saturated rings. The summed E-state index contributed by atoms with van der Waals surface area (Å²) in [6, 6.07) is 40.7. The van der Waals surface area contributed by atoms with Gasteiger partial charge in [0.05, 0.1) is 11.2 Å². The predicted octanol–water partition coefficient (Wildman–Crippen LogP) is 10.9. The van der Waals surface area contributed by atoms with E-state index < -0.39 is 0 Å². The van der Waals surface area contributed by atoms with Crippen molar-refractivity contribution in [2.24, 2.45) is 5.92 Å². The molecule has 198 valence electrons. The summed E-state index contributed by atoms with van der Waals surface area (Å²) in [5.74, 6) is 0.617. The number of fused-ring (bicyclic) bond motifs is 10. The third-order valence-electron chi connectivity index (χ3n) is 9.28. The SMILES string of the molecule is CC(C)Cc1cccc2nc(-c3ccc4c(c3)-c3cc5c6ccccc6c6ccccc6c5cc3C4(C)C)ccc12. The van der Waals surface area contributed by atoms with Crippen molar-refractivity contribution in [3.05, 3.63) is 126 Å². The number of hydrogen-bond acceptors (Lipinski definition) is 1. The van der Waals surface area contributed by atoms with Crippen LogP contribution in [0.25, 0.3) is 65.6 Å².